The summed E-state index contributed by atoms with van der Waals surface area (Å²) >= 11 is 0. The molecule has 4 heteroatoms. The van der Waals surface area contributed by atoms with Gasteiger partial charge in [-0.25, -0.2) is 4.98 Å². The molecular weight excluding hydrogens is 180 g/mol. The standard InChI is InChI=1S/C10H8N2O2/c11-10(13)4-2-7-1-3-9-8(5-7)12-6-14-9/h1-6H,(H2,11,13). The van der Waals surface area contributed by atoms with Crippen molar-refractivity contribution in [2.24, 2.45) is 5.73 Å². The van der Waals surface area contributed by atoms with Gasteiger partial charge in [0.25, 0.3) is 0 Å². The lowest BCUT2D eigenvalue weighted by atomic mass is 10.2. The molecule has 0 atom stereocenters. The van der Waals surface area contributed by atoms with Crippen molar-refractivity contribution >= 4 is 23.1 Å². The first-order valence-electron chi connectivity index (χ1n) is 4.06. The third-order valence-corrected chi connectivity index (χ3v) is 1.79. The van der Waals surface area contributed by atoms with Crippen molar-refractivity contribution < 1.29 is 9.21 Å². The molecule has 0 saturated heterocycles. The zero-order chi connectivity index (χ0) is 9.97. The third-order valence-electron chi connectivity index (χ3n) is 1.79. The molecule has 1 amide bonds. The summed E-state index contributed by atoms with van der Waals surface area (Å²) in [5.74, 6) is -0.467. The van der Waals surface area contributed by atoms with E-state index in [9.17, 15) is 4.79 Å². The molecule has 2 aromatic rings. The highest BCUT2D eigenvalue weighted by molar-refractivity contribution is 5.90. The van der Waals surface area contributed by atoms with Gasteiger partial charge in [-0.2, -0.15) is 0 Å². The van der Waals surface area contributed by atoms with Crippen molar-refractivity contribution in [1.29, 1.82) is 0 Å². The number of primary amides is 1. The highest BCUT2D eigenvalue weighted by Crippen LogP contribution is 2.14. The first kappa shape index (κ1) is 8.50. The van der Waals surface area contributed by atoms with E-state index in [0.29, 0.717) is 0 Å². The lowest BCUT2D eigenvalue weighted by molar-refractivity contribution is -0.113. The molecule has 0 radical (unpaired) electrons. The molecule has 4 nitrogen and oxygen atoms in total. The van der Waals surface area contributed by atoms with E-state index in [2.05, 4.69) is 4.98 Å². The summed E-state index contributed by atoms with van der Waals surface area (Å²) in [5.41, 5.74) is 7.32. The first-order chi connectivity index (χ1) is 6.75. The Labute approximate surface area is 80.0 Å². The van der Waals surface area contributed by atoms with Crippen LogP contribution in [0.2, 0.25) is 0 Å². The molecule has 14 heavy (non-hydrogen) atoms. The smallest absolute Gasteiger partial charge is 0.241 e. The van der Waals surface area contributed by atoms with Crippen LogP contribution >= 0.6 is 0 Å². The topological polar surface area (TPSA) is 69.1 Å². The number of amides is 1. The number of carbonyl (C=O) groups is 1. The van der Waals surface area contributed by atoms with E-state index >= 15 is 0 Å². The van der Waals surface area contributed by atoms with Gasteiger partial charge in [0.05, 0.1) is 0 Å². The molecule has 0 saturated carbocycles. The summed E-state index contributed by atoms with van der Waals surface area (Å²) in [5, 5.41) is 0. The second-order valence-electron chi connectivity index (χ2n) is 2.82. The van der Waals surface area contributed by atoms with Gasteiger partial charge in [0, 0.05) is 6.08 Å². The predicted octanol–water partition coefficient (Wildman–Crippen LogP) is 1.33. The van der Waals surface area contributed by atoms with E-state index in [1.807, 2.05) is 12.1 Å². The maximum Gasteiger partial charge on any atom is 0.241 e. The van der Waals surface area contributed by atoms with Crippen LogP contribution in [-0.4, -0.2) is 10.9 Å². The summed E-state index contributed by atoms with van der Waals surface area (Å²) in [6, 6.07) is 5.44. The van der Waals surface area contributed by atoms with Gasteiger partial charge in [0.2, 0.25) is 5.91 Å². The van der Waals surface area contributed by atoms with Gasteiger partial charge in [0.15, 0.2) is 12.0 Å². The van der Waals surface area contributed by atoms with Crippen LogP contribution in [0.5, 0.6) is 0 Å². The van der Waals surface area contributed by atoms with Gasteiger partial charge >= 0.3 is 0 Å². The monoisotopic (exact) mass is 188 g/mol. The second-order valence-corrected chi connectivity index (χ2v) is 2.82. The normalized spacial score (nSPS) is 11.1. The number of oxazole rings is 1. The van der Waals surface area contributed by atoms with E-state index in [-0.39, 0.29) is 0 Å². The molecular formula is C10H8N2O2. The van der Waals surface area contributed by atoms with E-state index < -0.39 is 5.91 Å². The highest BCUT2D eigenvalue weighted by Gasteiger charge is 1.97. The van der Waals surface area contributed by atoms with Crippen LogP contribution in [-0.2, 0) is 4.79 Å². The minimum absolute atomic E-state index is 0.467. The number of carbonyl (C=O) groups excluding carboxylic acids is 1. The van der Waals surface area contributed by atoms with Crippen LogP contribution < -0.4 is 5.73 Å². The van der Waals surface area contributed by atoms with Crippen molar-refractivity contribution in [3.8, 4) is 0 Å². The minimum Gasteiger partial charge on any atom is -0.443 e. The third kappa shape index (κ3) is 1.64. The largest absolute Gasteiger partial charge is 0.443 e. The maximum atomic E-state index is 10.5. The van der Waals surface area contributed by atoms with Gasteiger partial charge in [-0.1, -0.05) is 6.07 Å². The molecule has 2 N–H and O–H groups in total. The van der Waals surface area contributed by atoms with Crippen LogP contribution in [0, 0.1) is 0 Å². The predicted molar refractivity (Wildman–Crippen MR) is 52.2 cm³/mol. The van der Waals surface area contributed by atoms with E-state index in [0.717, 1.165) is 16.7 Å². The van der Waals surface area contributed by atoms with Crippen molar-refractivity contribution in [2.45, 2.75) is 0 Å². The number of hydrogen-bond donors (Lipinski definition) is 1. The van der Waals surface area contributed by atoms with Crippen molar-refractivity contribution in [1.82, 2.24) is 4.98 Å². The lowest BCUT2D eigenvalue weighted by Gasteiger charge is -1.91. The molecule has 1 aromatic heterocycles. The van der Waals surface area contributed by atoms with Crippen LogP contribution in [0.25, 0.3) is 17.2 Å². The fraction of sp³-hybridized carbons (Fsp3) is 0. The molecule has 0 unspecified atom stereocenters. The van der Waals surface area contributed by atoms with Crippen molar-refractivity contribution in [3.63, 3.8) is 0 Å². The quantitative estimate of drug-likeness (QED) is 0.722. The second kappa shape index (κ2) is 3.33. The summed E-state index contributed by atoms with van der Waals surface area (Å²) in [6.45, 7) is 0. The Morgan fingerprint density at radius 3 is 3.14 bits per heavy atom. The number of nitrogens with two attached hydrogens (primary N) is 1. The Bertz CT molecular complexity index is 500. The Morgan fingerprint density at radius 1 is 1.50 bits per heavy atom. The number of rotatable bonds is 2. The number of nitrogens with zero attached hydrogens (tertiary/aromatic N) is 1. The van der Waals surface area contributed by atoms with Gasteiger partial charge in [-0.15, -0.1) is 0 Å². The lowest BCUT2D eigenvalue weighted by Crippen LogP contribution is -2.04. The molecule has 0 bridgehead atoms. The molecule has 0 aliphatic rings. The summed E-state index contributed by atoms with van der Waals surface area (Å²) in [7, 11) is 0. The molecule has 0 spiro atoms. The van der Waals surface area contributed by atoms with Crippen molar-refractivity contribution in [3.05, 3.63) is 36.2 Å². The molecule has 0 aliphatic carbocycles. The zero-order valence-electron chi connectivity index (χ0n) is 7.31. The minimum atomic E-state index is -0.467. The van der Waals surface area contributed by atoms with Crippen molar-refractivity contribution in [2.75, 3.05) is 0 Å². The highest BCUT2D eigenvalue weighted by atomic mass is 16.3. The fourth-order valence-corrected chi connectivity index (χ4v) is 1.16. The van der Waals surface area contributed by atoms with Gasteiger partial charge in [-0.3, -0.25) is 4.79 Å². The van der Waals surface area contributed by atoms with E-state index in [1.54, 1.807) is 12.1 Å². The molecule has 1 heterocycles. The number of benzene rings is 1. The van der Waals surface area contributed by atoms with Crippen LogP contribution in [0.4, 0.5) is 0 Å². The van der Waals surface area contributed by atoms with Crippen LogP contribution in [0.3, 0.4) is 0 Å². The maximum absolute atomic E-state index is 10.5. The molecule has 2 rings (SSSR count). The van der Waals surface area contributed by atoms with Crippen LogP contribution in [0.15, 0.2) is 35.1 Å². The van der Waals surface area contributed by atoms with E-state index in [1.165, 1.54) is 12.5 Å². The Kier molecular flexibility index (Phi) is 2.02. The summed E-state index contributed by atoms with van der Waals surface area (Å²) < 4.78 is 5.07. The molecule has 0 fully saturated rings. The molecule has 70 valence electrons. The van der Waals surface area contributed by atoms with Crippen LogP contribution in [0.1, 0.15) is 5.56 Å². The van der Waals surface area contributed by atoms with Gasteiger partial charge in [0.1, 0.15) is 5.52 Å². The Hall–Kier alpha value is -2.10. The average molecular weight is 188 g/mol. The summed E-state index contributed by atoms with van der Waals surface area (Å²) in [4.78, 5) is 14.5. The SMILES string of the molecule is NC(=O)C=Cc1ccc2ocnc2c1. The summed E-state index contributed by atoms with van der Waals surface area (Å²) in [6.07, 6.45) is 4.32. The molecule has 1 aromatic carbocycles. The average Bonchev–Trinajstić information content (AvgIpc) is 2.61. The number of aromatic nitrogens is 1. The zero-order valence-corrected chi connectivity index (χ0v) is 7.31. The van der Waals surface area contributed by atoms with Gasteiger partial charge < -0.3 is 10.2 Å². The van der Waals surface area contributed by atoms with Gasteiger partial charge in [-0.05, 0) is 23.8 Å². The first-order valence-corrected chi connectivity index (χ1v) is 4.06. The number of fused-ring (bicyclic) bond motifs is 1. The fourth-order valence-electron chi connectivity index (χ4n) is 1.16. The Balaban J connectivity index is 2.39. The Morgan fingerprint density at radius 2 is 2.36 bits per heavy atom. The molecule has 0 aliphatic heterocycles. The van der Waals surface area contributed by atoms with E-state index in [4.69, 9.17) is 10.2 Å². The number of hydrogen-bond acceptors (Lipinski definition) is 3.